The van der Waals surface area contributed by atoms with Crippen molar-refractivity contribution in [3.05, 3.63) is 65.0 Å². The molecule has 0 aliphatic heterocycles. The molecule has 1 aliphatic carbocycles. The Morgan fingerprint density at radius 3 is 2.48 bits per heavy atom. The van der Waals surface area contributed by atoms with Gasteiger partial charge in [-0.05, 0) is 31.2 Å². The van der Waals surface area contributed by atoms with E-state index in [0.29, 0.717) is 10.2 Å². The average molecular weight is 415 g/mol. The summed E-state index contributed by atoms with van der Waals surface area (Å²) in [5.41, 5.74) is -1.04. The molecule has 0 unspecified atom stereocenters. The zero-order valence-electron chi connectivity index (χ0n) is 14.8. The molecule has 0 fully saturated rings. The number of nitro benzene ring substituents is 2. The summed E-state index contributed by atoms with van der Waals surface area (Å²) in [6.07, 6.45) is 6.11. The fourth-order valence-corrected chi connectivity index (χ4v) is 4.55. The number of nitro groups is 2. The Kier molecular flexibility index (Phi) is 4.54. The van der Waals surface area contributed by atoms with Crippen molar-refractivity contribution in [2.75, 3.05) is 0 Å². The van der Waals surface area contributed by atoms with E-state index in [9.17, 15) is 30.1 Å². The van der Waals surface area contributed by atoms with E-state index in [-0.39, 0.29) is 11.1 Å². The molecule has 0 spiro atoms. The van der Waals surface area contributed by atoms with Crippen molar-refractivity contribution in [3.63, 3.8) is 0 Å². The summed E-state index contributed by atoms with van der Waals surface area (Å²) in [5, 5.41) is 36.3. The second-order valence-electron chi connectivity index (χ2n) is 6.45. The molecule has 12 heteroatoms. The molecule has 0 saturated carbocycles. The Hall–Kier alpha value is -3.67. The normalized spacial score (nSPS) is 13.7. The van der Waals surface area contributed by atoms with Gasteiger partial charge in [0.2, 0.25) is 0 Å². The number of hydrogen-bond acceptors (Lipinski definition) is 9. The average Bonchev–Trinajstić information content (AvgIpc) is 3.07. The molecule has 0 saturated heterocycles. The van der Waals surface area contributed by atoms with Crippen LogP contribution in [0.5, 0.6) is 5.75 Å². The van der Waals surface area contributed by atoms with Gasteiger partial charge in [-0.25, -0.2) is 4.98 Å². The van der Waals surface area contributed by atoms with E-state index in [4.69, 9.17) is 0 Å². The first-order valence-electron chi connectivity index (χ1n) is 8.59. The van der Waals surface area contributed by atoms with Crippen LogP contribution in [0.25, 0.3) is 10.2 Å². The van der Waals surface area contributed by atoms with E-state index in [1.54, 1.807) is 0 Å². The third kappa shape index (κ3) is 3.23. The first-order chi connectivity index (χ1) is 13.9. The molecule has 0 bridgehead atoms. The largest absolute Gasteiger partial charge is 0.497 e. The standard InChI is InChI=1S/C17H13N5O6S/c23-15-11(21(25)26)5-9(6-12(15)22(27)28)7-19-20-8-18-16-14(17(20)24)10-3-1-2-4-13(10)29-16/h5-8,23H,1-4H2/b19-7-. The molecular weight excluding hydrogens is 402 g/mol. The van der Waals surface area contributed by atoms with Crippen LogP contribution in [0, 0.1) is 20.2 Å². The van der Waals surface area contributed by atoms with Gasteiger partial charge in [-0.3, -0.25) is 25.0 Å². The highest BCUT2D eigenvalue weighted by Gasteiger charge is 2.26. The van der Waals surface area contributed by atoms with Crippen molar-refractivity contribution >= 4 is 39.1 Å². The number of aromatic nitrogens is 2. The summed E-state index contributed by atoms with van der Waals surface area (Å²) in [4.78, 5) is 39.1. The van der Waals surface area contributed by atoms with Gasteiger partial charge in [-0.15, -0.1) is 11.3 Å². The van der Waals surface area contributed by atoms with Crippen LogP contribution >= 0.6 is 11.3 Å². The van der Waals surface area contributed by atoms with E-state index in [2.05, 4.69) is 10.1 Å². The number of aromatic hydroxyl groups is 1. The highest BCUT2D eigenvalue weighted by atomic mass is 32.1. The van der Waals surface area contributed by atoms with Gasteiger partial charge in [-0.2, -0.15) is 9.78 Å². The lowest BCUT2D eigenvalue weighted by Crippen LogP contribution is -2.18. The van der Waals surface area contributed by atoms with Crippen LogP contribution in [-0.2, 0) is 12.8 Å². The van der Waals surface area contributed by atoms with Gasteiger partial charge < -0.3 is 5.11 Å². The summed E-state index contributed by atoms with van der Waals surface area (Å²) in [7, 11) is 0. The molecule has 2 aromatic heterocycles. The van der Waals surface area contributed by atoms with Crippen molar-refractivity contribution in [3.8, 4) is 5.75 Å². The molecule has 11 nitrogen and oxygen atoms in total. The number of benzene rings is 1. The molecule has 4 rings (SSSR count). The summed E-state index contributed by atoms with van der Waals surface area (Å²) < 4.78 is 0.995. The predicted octanol–water partition coefficient (Wildman–Crippen LogP) is 2.74. The van der Waals surface area contributed by atoms with Crippen LogP contribution in [-0.4, -0.2) is 30.8 Å². The summed E-state index contributed by atoms with van der Waals surface area (Å²) in [5.74, 6) is -1.04. The molecule has 1 N–H and O–H groups in total. The van der Waals surface area contributed by atoms with Gasteiger partial charge in [0.25, 0.3) is 11.3 Å². The molecule has 1 aromatic carbocycles. The maximum Gasteiger partial charge on any atom is 0.318 e. The molecule has 0 amide bonds. The third-order valence-electron chi connectivity index (χ3n) is 4.68. The van der Waals surface area contributed by atoms with Crippen molar-refractivity contribution in [2.45, 2.75) is 25.7 Å². The lowest BCUT2D eigenvalue weighted by Gasteiger charge is -2.09. The number of thiophene rings is 1. The summed E-state index contributed by atoms with van der Waals surface area (Å²) >= 11 is 1.49. The number of aryl methyl sites for hydroxylation is 2. The van der Waals surface area contributed by atoms with Gasteiger partial charge in [0.05, 0.1) is 21.4 Å². The second-order valence-corrected chi connectivity index (χ2v) is 7.54. The van der Waals surface area contributed by atoms with Crippen LogP contribution in [0.2, 0.25) is 0 Å². The Labute approximate surface area is 165 Å². The third-order valence-corrected chi connectivity index (χ3v) is 5.88. The van der Waals surface area contributed by atoms with Crippen molar-refractivity contribution in [1.82, 2.24) is 9.66 Å². The van der Waals surface area contributed by atoms with Crippen molar-refractivity contribution in [2.24, 2.45) is 5.10 Å². The van der Waals surface area contributed by atoms with Crippen LogP contribution in [0.1, 0.15) is 28.8 Å². The molecule has 1 aliphatic rings. The lowest BCUT2D eigenvalue weighted by atomic mass is 9.97. The Bertz CT molecular complexity index is 1230. The Morgan fingerprint density at radius 2 is 1.83 bits per heavy atom. The van der Waals surface area contributed by atoms with Gasteiger partial charge in [0, 0.05) is 22.6 Å². The number of rotatable bonds is 4. The highest BCUT2D eigenvalue weighted by molar-refractivity contribution is 7.18. The summed E-state index contributed by atoms with van der Waals surface area (Å²) in [6.45, 7) is 0. The number of fused-ring (bicyclic) bond motifs is 3. The SMILES string of the molecule is O=c1c2c3c(sc2ncn1/N=C\c1cc([N+](=O)[O-])c(O)c([N+](=O)[O-])c1)CCCC3. The van der Waals surface area contributed by atoms with Gasteiger partial charge in [0.15, 0.2) is 0 Å². The number of phenols is 1. The monoisotopic (exact) mass is 415 g/mol. The molecule has 0 radical (unpaired) electrons. The Morgan fingerprint density at radius 1 is 1.17 bits per heavy atom. The van der Waals surface area contributed by atoms with Crippen LogP contribution < -0.4 is 5.56 Å². The minimum atomic E-state index is -1.04. The fourth-order valence-electron chi connectivity index (χ4n) is 3.33. The quantitative estimate of drug-likeness (QED) is 0.390. The van der Waals surface area contributed by atoms with Crippen molar-refractivity contribution in [1.29, 1.82) is 0 Å². The topological polar surface area (TPSA) is 154 Å². The van der Waals surface area contributed by atoms with Gasteiger partial charge in [-0.1, -0.05) is 0 Å². The number of phenolic OH excluding ortho intramolecular Hbond substituents is 1. The van der Waals surface area contributed by atoms with E-state index in [1.807, 2.05) is 0 Å². The maximum absolute atomic E-state index is 12.8. The molecule has 148 valence electrons. The summed E-state index contributed by atoms with van der Waals surface area (Å²) in [6, 6.07) is 1.88. The molecule has 2 heterocycles. The van der Waals surface area contributed by atoms with Crippen molar-refractivity contribution < 1.29 is 15.0 Å². The smallest absolute Gasteiger partial charge is 0.318 e. The fraction of sp³-hybridized carbons (Fsp3) is 0.235. The Balaban J connectivity index is 1.79. The molecule has 29 heavy (non-hydrogen) atoms. The zero-order chi connectivity index (χ0) is 20.7. The maximum atomic E-state index is 12.8. The van der Waals surface area contributed by atoms with Crippen LogP contribution in [0.4, 0.5) is 11.4 Å². The first kappa shape index (κ1) is 18.7. The highest BCUT2D eigenvalue weighted by Crippen LogP contribution is 2.36. The van der Waals surface area contributed by atoms with Crippen LogP contribution in [0.15, 0.2) is 28.4 Å². The van der Waals surface area contributed by atoms with E-state index < -0.39 is 27.0 Å². The first-order valence-corrected chi connectivity index (χ1v) is 9.40. The zero-order valence-corrected chi connectivity index (χ0v) is 15.6. The number of hydrogen-bond donors (Lipinski definition) is 1. The van der Waals surface area contributed by atoms with Gasteiger partial charge >= 0.3 is 11.4 Å². The molecule has 3 aromatic rings. The van der Waals surface area contributed by atoms with E-state index >= 15 is 0 Å². The lowest BCUT2D eigenvalue weighted by molar-refractivity contribution is -0.396. The van der Waals surface area contributed by atoms with E-state index in [1.165, 1.54) is 17.7 Å². The van der Waals surface area contributed by atoms with Gasteiger partial charge in [0.1, 0.15) is 11.2 Å². The molecular formula is C17H13N5O6S. The van der Waals surface area contributed by atoms with Crippen LogP contribution in [0.3, 0.4) is 0 Å². The van der Waals surface area contributed by atoms with E-state index in [0.717, 1.165) is 59.1 Å². The minimum Gasteiger partial charge on any atom is -0.497 e. The minimum absolute atomic E-state index is 0.0134. The second kappa shape index (κ2) is 7.05. The number of nitrogens with zero attached hydrogens (tertiary/aromatic N) is 5. The predicted molar refractivity (Wildman–Crippen MR) is 105 cm³/mol. The molecule has 0 atom stereocenters.